The molecule has 0 saturated carbocycles. The smallest absolute Gasteiger partial charge is 0.485 e. The van der Waals surface area contributed by atoms with Crippen LogP contribution in [0.3, 0.4) is 0 Å². The van der Waals surface area contributed by atoms with Crippen molar-refractivity contribution < 1.29 is 30.6 Å². The van der Waals surface area contributed by atoms with Crippen LogP contribution in [0.5, 0.6) is 0 Å². The first-order valence-electron chi connectivity index (χ1n) is 7.05. The standard InChI is InChI=1S/C15H20N.CHF3O3S/c1-12(16(2,3)4)14-10-9-13-7-5-6-8-15(13)11-14;2-1(3,4)8(5,6)7/h5-12H,1-4H3;(H,5,6,7)/q+1;/p-1/t12-;/m0./s1. The predicted octanol–water partition coefficient (Wildman–Crippen LogP) is 3.66. The molecule has 2 aromatic rings. The highest BCUT2D eigenvalue weighted by molar-refractivity contribution is 7.86. The lowest BCUT2D eigenvalue weighted by Crippen LogP contribution is -2.37. The molecule has 0 heterocycles. The van der Waals surface area contributed by atoms with Gasteiger partial charge in [-0.05, 0) is 23.8 Å². The molecule has 0 aliphatic rings. The number of alkyl halides is 3. The second-order valence-corrected chi connectivity index (χ2v) is 7.67. The molecule has 134 valence electrons. The van der Waals surface area contributed by atoms with E-state index in [2.05, 4.69) is 70.5 Å². The second-order valence-electron chi connectivity index (χ2n) is 6.30. The number of fused-ring (bicyclic) bond motifs is 1. The summed E-state index contributed by atoms with van der Waals surface area (Å²) in [5.74, 6) is 0. The van der Waals surface area contributed by atoms with Crippen LogP contribution in [0.25, 0.3) is 10.8 Å². The molecule has 8 heteroatoms. The summed E-state index contributed by atoms with van der Waals surface area (Å²) >= 11 is 0. The molecule has 0 amide bonds. The van der Waals surface area contributed by atoms with E-state index < -0.39 is 15.6 Å². The van der Waals surface area contributed by atoms with Gasteiger partial charge in [-0.2, -0.15) is 13.2 Å². The van der Waals surface area contributed by atoms with E-state index in [1.807, 2.05) is 0 Å². The summed E-state index contributed by atoms with van der Waals surface area (Å²) in [5, 5.41) is 2.65. The van der Waals surface area contributed by atoms with Crippen molar-refractivity contribution in [2.45, 2.75) is 18.5 Å². The molecule has 0 fully saturated rings. The number of nitrogens with zero attached hydrogens (tertiary/aromatic N) is 1. The van der Waals surface area contributed by atoms with E-state index in [9.17, 15) is 13.2 Å². The zero-order valence-corrected chi connectivity index (χ0v) is 14.6. The average molecular weight is 363 g/mol. The van der Waals surface area contributed by atoms with Gasteiger partial charge in [-0.3, -0.25) is 0 Å². The number of rotatable bonds is 2. The number of quaternary nitrogens is 1. The van der Waals surface area contributed by atoms with E-state index in [4.69, 9.17) is 13.0 Å². The van der Waals surface area contributed by atoms with Crippen molar-refractivity contribution in [3.8, 4) is 0 Å². The van der Waals surface area contributed by atoms with Crippen LogP contribution in [0.4, 0.5) is 13.2 Å². The highest BCUT2D eigenvalue weighted by Crippen LogP contribution is 2.25. The van der Waals surface area contributed by atoms with Crippen molar-refractivity contribution in [3.05, 3.63) is 48.0 Å². The fourth-order valence-electron chi connectivity index (χ4n) is 1.91. The average Bonchev–Trinajstić information content (AvgIpc) is 2.43. The second kappa shape index (κ2) is 7.08. The van der Waals surface area contributed by atoms with Gasteiger partial charge in [0.05, 0.1) is 21.1 Å². The quantitative estimate of drug-likeness (QED) is 0.465. The molecular formula is C16H20F3NO3S. The summed E-state index contributed by atoms with van der Waals surface area (Å²) in [6, 6.07) is 15.8. The maximum Gasteiger partial charge on any atom is 0.485 e. The van der Waals surface area contributed by atoms with E-state index in [-0.39, 0.29) is 0 Å². The largest absolute Gasteiger partial charge is 0.741 e. The Balaban J connectivity index is 0.000000307. The predicted molar refractivity (Wildman–Crippen MR) is 86.1 cm³/mol. The molecule has 1 atom stereocenters. The normalized spacial score (nSPS) is 14.0. The van der Waals surface area contributed by atoms with Crippen LogP contribution in [0, 0.1) is 0 Å². The van der Waals surface area contributed by atoms with Crippen molar-refractivity contribution >= 4 is 20.9 Å². The zero-order valence-electron chi connectivity index (χ0n) is 13.8. The maximum absolute atomic E-state index is 10.7. The molecule has 0 spiro atoms. The van der Waals surface area contributed by atoms with Gasteiger partial charge in [-0.25, -0.2) is 8.42 Å². The molecule has 0 bridgehead atoms. The van der Waals surface area contributed by atoms with Gasteiger partial charge >= 0.3 is 5.51 Å². The third-order valence-corrected chi connectivity index (χ3v) is 4.27. The topological polar surface area (TPSA) is 57.2 Å². The van der Waals surface area contributed by atoms with Gasteiger partial charge in [0.25, 0.3) is 0 Å². The van der Waals surface area contributed by atoms with Crippen molar-refractivity contribution in [1.29, 1.82) is 0 Å². The molecule has 2 aromatic carbocycles. The first-order chi connectivity index (χ1) is 10.7. The number of halogens is 3. The van der Waals surface area contributed by atoms with Gasteiger partial charge in [0.1, 0.15) is 6.04 Å². The Bertz CT molecular complexity index is 796. The lowest BCUT2D eigenvalue weighted by molar-refractivity contribution is -0.900. The maximum atomic E-state index is 10.7. The van der Waals surface area contributed by atoms with Crippen LogP contribution >= 0.6 is 0 Å². The summed E-state index contributed by atoms with van der Waals surface area (Å²) < 4.78 is 59.9. The Hall–Kier alpha value is -1.64. The van der Waals surface area contributed by atoms with E-state index in [1.165, 1.54) is 16.3 Å². The van der Waals surface area contributed by atoms with Crippen molar-refractivity contribution in [2.75, 3.05) is 21.1 Å². The summed E-state index contributed by atoms with van der Waals surface area (Å²) in [6.45, 7) is 2.28. The van der Waals surface area contributed by atoms with Crippen LogP contribution in [0.15, 0.2) is 42.5 Å². The summed E-state index contributed by atoms with van der Waals surface area (Å²) in [4.78, 5) is 0. The van der Waals surface area contributed by atoms with Crippen LogP contribution in [0.2, 0.25) is 0 Å². The lowest BCUT2D eigenvalue weighted by Gasteiger charge is -2.32. The van der Waals surface area contributed by atoms with Gasteiger partial charge in [-0.15, -0.1) is 0 Å². The minimum absolute atomic E-state index is 0.518. The molecular weight excluding hydrogens is 343 g/mol. The SMILES string of the molecule is C[C@@H](c1ccc2ccccc2c1)[N+](C)(C)C.O=S(=O)([O-])C(F)(F)F. The Kier molecular flexibility index (Phi) is 6.02. The fraction of sp³-hybridized carbons (Fsp3) is 0.375. The summed E-state index contributed by atoms with van der Waals surface area (Å²) in [5.41, 5.74) is -4.24. The monoisotopic (exact) mass is 363 g/mol. The summed E-state index contributed by atoms with van der Waals surface area (Å²) in [7, 11) is 0.618. The van der Waals surface area contributed by atoms with Crippen molar-refractivity contribution in [2.24, 2.45) is 0 Å². The molecule has 0 saturated heterocycles. The minimum Gasteiger partial charge on any atom is -0.741 e. The van der Waals surface area contributed by atoms with Crippen LogP contribution in [-0.4, -0.2) is 44.1 Å². The number of benzene rings is 2. The van der Waals surface area contributed by atoms with Gasteiger partial charge in [-0.1, -0.05) is 36.4 Å². The highest BCUT2D eigenvalue weighted by Gasteiger charge is 2.36. The van der Waals surface area contributed by atoms with Gasteiger partial charge < -0.3 is 9.04 Å². The van der Waals surface area contributed by atoms with Gasteiger partial charge in [0.15, 0.2) is 10.1 Å². The molecule has 2 rings (SSSR count). The van der Waals surface area contributed by atoms with Gasteiger partial charge in [0.2, 0.25) is 0 Å². The third-order valence-electron chi connectivity index (χ3n) is 3.70. The van der Waals surface area contributed by atoms with Crippen molar-refractivity contribution in [3.63, 3.8) is 0 Å². The summed E-state index contributed by atoms with van der Waals surface area (Å²) in [6.07, 6.45) is 0. The first-order valence-corrected chi connectivity index (χ1v) is 8.46. The Morgan fingerprint density at radius 1 is 1.00 bits per heavy atom. The zero-order chi connectivity index (χ0) is 18.8. The Labute approximate surface area is 139 Å². The molecule has 0 aromatic heterocycles. The molecule has 24 heavy (non-hydrogen) atoms. The fourth-order valence-corrected chi connectivity index (χ4v) is 1.91. The minimum atomic E-state index is -6.09. The molecule has 0 radical (unpaired) electrons. The Morgan fingerprint density at radius 2 is 1.46 bits per heavy atom. The van der Waals surface area contributed by atoms with Crippen LogP contribution in [0.1, 0.15) is 18.5 Å². The molecule has 0 N–H and O–H groups in total. The third kappa shape index (κ3) is 5.47. The van der Waals surface area contributed by atoms with E-state index >= 15 is 0 Å². The van der Waals surface area contributed by atoms with Gasteiger partial charge in [0, 0.05) is 5.56 Å². The molecule has 4 nitrogen and oxygen atoms in total. The molecule has 0 aliphatic heterocycles. The Morgan fingerprint density at radius 3 is 1.88 bits per heavy atom. The van der Waals surface area contributed by atoms with E-state index in [0.29, 0.717) is 6.04 Å². The van der Waals surface area contributed by atoms with Crippen LogP contribution < -0.4 is 0 Å². The lowest BCUT2D eigenvalue weighted by atomic mass is 10.0. The van der Waals surface area contributed by atoms with E-state index in [1.54, 1.807) is 0 Å². The molecule has 0 aliphatic carbocycles. The highest BCUT2D eigenvalue weighted by atomic mass is 32.2. The molecule has 0 unspecified atom stereocenters. The number of hydrogen-bond acceptors (Lipinski definition) is 3. The van der Waals surface area contributed by atoms with E-state index in [0.717, 1.165) is 4.48 Å². The van der Waals surface area contributed by atoms with Crippen LogP contribution in [-0.2, 0) is 10.1 Å². The van der Waals surface area contributed by atoms with Crippen molar-refractivity contribution in [1.82, 2.24) is 0 Å². The first kappa shape index (κ1) is 20.4. The number of hydrogen-bond donors (Lipinski definition) is 0.